The van der Waals surface area contributed by atoms with Gasteiger partial charge in [-0.1, -0.05) is 33.8 Å². The molecule has 2 aromatic heterocycles. The molecule has 0 bridgehead atoms. The Hall–Kier alpha value is -3.15. The van der Waals surface area contributed by atoms with Crippen molar-refractivity contribution in [2.45, 2.75) is 39.5 Å². The second-order valence-electron chi connectivity index (χ2n) is 7.85. The van der Waals surface area contributed by atoms with Crippen molar-refractivity contribution in [3.8, 4) is 11.1 Å². The Morgan fingerprint density at radius 1 is 1.18 bits per heavy atom. The largest absolute Gasteiger partial charge is 0.478 e. The van der Waals surface area contributed by atoms with Crippen LogP contribution >= 0.6 is 0 Å². The fourth-order valence-electron chi connectivity index (χ4n) is 3.21. The Balaban J connectivity index is 2.19. The number of hydrogen-bond acceptors (Lipinski definition) is 4. The van der Waals surface area contributed by atoms with E-state index in [0.29, 0.717) is 5.69 Å². The lowest BCUT2D eigenvalue weighted by Crippen LogP contribution is -2.13. The fraction of sp³-hybridized carbons (Fsp3) is 0.318. The summed E-state index contributed by atoms with van der Waals surface area (Å²) >= 11 is 0. The van der Waals surface area contributed by atoms with E-state index in [1.807, 2.05) is 38.2 Å². The Morgan fingerprint density at radius 2 is 1.86 bits per heavy atom. The first-order valence-electron chi connectivity index (χ1n) is 9.33. The van der Waals surface area contributed by atoms with Gasteiger partial charge < -0.3 is 10.4 Å². The highest BCUT2D eigenvalue weighted by molar-refractivity contribution is 5.96. The second-order valence-corrected chi connectivity index (χ2v) is 7.85. The number of benzene rings is 1. The van der Waals surface area contributed by atoms with E-state index >= 15 is 0 Å². The van der Waals surface area contributed by atoms with Crippen molar-refractivity contribution in [1.29, 1.82) is 0 Å². The standard InChI is InChI=1S/C22H26N4O2/c1-6-14-7-8-17(16(13-14)21(27)28)24-20-18(15-9-11-23-12-10-15)19(22(2,3)4)25-26(20)5/h7-13,24H,6H2,1-5H3,(H,27,28). The van der Waals surface area contributed by atoms with Crippen LogP contribution < -0.4 is 5.32 Å². The molecule has 28 heavy (non-hydrogen) atoms. The molecular weight excluding hydrogens is 352 g/mol. The molecule has 0 saturated carbocycles. The third kappa shape index (κ3) is 3.76. The number of aromatic carboxylic acids is 1. The van der Waals surface area contributed by atoms with Crippen LogP contribution in [0.2, 0.25) is 0 Å². The normalized spacial score (nSPS) is 11.5. The summed E-state index contributed by atoms with van der Waals surface area (Å²) in [6, 6.07) is 9.37. The smallest absolute Gasteiger partial charge is 0.337 e. The molecule has 6 nitrogen and oxygen atoms in total. The fourth-order valence-corrected chi connectivity index (χ4v) is 3.21. The molecule has 2 heterocycles. The molecule has 0 fully saturated rings. The van der Waals surface area contributed by atoms with Crippen molar-refractivity contribution in [2.75, 3.05) is 5.32 Å². The molecular formula is C22H26N4O2. The first-order valence-corrected chi connectivity index (χ1v) is 9.33. The number of carboxylic acids is 1. The van der Waals surface area contributed by atoms with Gasteiger partial charge in [-0.15, -0.1) is 0 Å². The lowest BCUT2D eigenvalue weighted by molar-refractivity contribution is 0.0698. The average Bonchev–Trinajstić information content (AvgIpc) is 2.99. The van der Waals surface area contributed by atoms with Gasteiger partial charge in [-0.2, -0.15) is 5.10 Å². The van der Waals surface area contributed by atoms with Crippen molar-refractivity contribution in [3.05, 3.63) is 59.5 Å². The lowest BCUT2D eigenvalue weighted by Gasteiger charge is -2.18. The summed E-state index contributed by atoms with van der Waals surface area (Å²) in [5, 5.41) is 17.8. The zero-order valence-electron chi connectivity index (χ0n) is 16.9. The number of aryl methyl sites for hydroxylation is 2. The number of anilines is 2. The van der Waals surface area contributed by atoms with Crippen LogP contribution in [-0.4, -0.2) is 25.8 Å². The molecule has 6 heteroatoms. The Bertz CT molecular complexity index is 1000. The topological polar surface area (TPSA) is 80.0 Å². The van der Waals surface area contributed by atoms with Gasteiger partial charge >= 0.3 is 5.97 Å². The van der Waals surface area contributed by atoms with Gasteiger partial charge in [0.2, 0.25) is 0 Å². The van der Waals surface area contributed by atoms with Gasteiger partial charge in [-0.05, 0) is 41.8 Å². The molecule has 146 valence electrons. The number of nitrogens with zero attached hydrogens (tertiary/aromatic N) is 3. The van der Waals surface area contributed by atoms with E-state index < -0.39 is 5.97 Å². The first kappa shape index (κ1) is 19.6. The van der Waals surface area contributed by atoms with Crippen molar-refractivity contribution in [1.82, 2.24) is 14.8 Å². The summed E-state index contributed by atoms with van der Waals surface area (Å²) in [6.07, 6.45) is 4.28. The van der Waals surface area contributed by atoms with E-state index in [2.05, 4.69) is 31.1 Å². The molecule has 0 amide bonds. The molecule has 0 atom stereocenters. The van der Waals surface area contributed by atoms with Gasteiger partial charge in [-0.3, -0.25) is 9.67 Å². The van der Waals surface area contributed by atoms with Crippen molar-refractivity contribution >= 4 is 17.5 Å². The van der Waals surface area contributed by atoms with E-state index in [9.17, 15) is 9.90 Å². The lowest BCUT2D eigenvalue weighted by atomic mass is 9.87. The number of rotatable bonds is 5. The number of pyridine rings is 1. The molecule has 0 aliphatic carbocycles. The summed E-state index contributed by atoms with van der Waals surface area (Å²) in [7, 11) is 1.86. The van der Waals surface area contributed by atoms with E-state index in [1.54, 1.807) is 23.1 Å². The van der Waals surface area contributed by atoms with Gasteiger partial charge in [0, 0.05) is 30.4 Å². The molecule has 0 aliphatic heterocycles. The third-order valence-corrected chi connectivity index (χ3v) is 4.70. The Morgan fingerprint density at radius 3 is 2.43 bits per heavy atom. The third-order valence-electron chi connectivity index (χ3n) is 4.70. The number of hydrogen-bond donors (Lipinski definition) is 2. The highest BCUT2D eigenvalue weighted by Crippen LogP contribution is 2.39. The van der Waals surface area contributed by atoms with E-state index in [4.69, 9.17) is 5.10 Å². The predicted octanol–water partition coefficient (Wildman–Crippen LogP) is 4.78. The van der Waals surface area contributed by atoms with Crippen LogP contribution in [0.5, 0.6) is 0 Å². The summed E-state index contributed by atoms with van der Waals surface area (Å²) in [4.78, 5) is 15.9. The molecule has 1 aromatic carbocycles. The summed E-state index contributed by atoms with van der Waals surface area (Å²) in [6.45, 7) is 8.35. The molecule has 2 N–H and O–H groups in total. The van der Waals surface area contributed by atoms with Gasteiger partial charge in [0.15, 0.2) is 0 Å². The van der Waals surface area contributed by atoms with Crippen LogP contribution in [0.1, 0.15) is 49.3 Å². The van der Waals surface area contributed by atoms with Crippen LogP contribution in [-0.2, 0) is 18.9 Å². The minimum Gasteiger partial charge on any atom is -0.478 e. The highest BCUT2D eigenvalue weighted by atomic mass is 16.4. The van der Waals surface area contributed by atoms with Gasteiger partial charge in [0.05, 0.1) is 16.9 Å². The zero-order chi connectivity index (χ0) is 20.5. The van der Waals surface area contributed by atoms with E-state index in [0.717, 1.165) is 34.6 Å². The van der Waals surface area contributed by atoms with Crippen LogP contribution in [0.15, 0.2) is 42.7 Å². The maximum atomic E-state index is 11.8. The Kier molecular flexibility index (Phi) is 5.23. The Labute approximate surface area is 165 Å². The second kappa shape index (κ2) is 7.46. The molecule has 3 aromatic rings. The molecule has 0 saturated heterocycles. The zero-order valence-corrected chi connectivity index (χ0v) is 16.9. The quantitative estimate of drug-likeness (QED) is 0.668. The number of carbonyl (C=O) groups is 1. The maximum absolute atomic E-state index is 11.8. The predicted molar refractivity (Wildman–Crippen MR) is 111 cm³/mol. The molecule has 0 unspecified atom stereocenters. The summed E-state index contributed by atoms with van der Waals surface area (Å²) in [5.74, 6) is -0.204. The molecule has 0 spiro atoms. The average molecular weight is 378 g/mol. The monoisotopic (exact) mass is 378 g/mol. The van der Waals surface area contributed by atoms with Crippen LogP contribution in [0.25, 0.3) is 11.1 Å². The minimum atomic E-state index is -0.957. The summed E-state index contributed by atoms with van der Waals surface area (Å²) in [5.41, 5.74) is 4.47. The van der Waals surface area contributed by atoms with E-state index in [1.165, 1.54) is 0 Å². The van der Waals surface area contributed by atoms with E-state index in [-0.39, 0.29) is 11.0 Å². The maximum Gasteiger partial charge on any atom is 0.337 e. The SMILES string of the molecule is CCc1ccc(Nc2c(-c3ccncc3)c(C(C)(C)C)nn2C)c(C(=O)O)c1. The van der Waals surface area contributed by atoms with Gasteiger partial charge in [0.25, 0.3) is 0 Å². The van der Waals surface area contributed by atoms with Crippen molar-refractivity contribution in [2.24, 2.45) is 7.05 Å². The summed E-state index contributed by atoms with van der Waals surface area (Å²) < 4.78 is 1.77. The molecule has 3 rings (SSSR count). The molecule has 0 radical (unpaired) electrons. The van der Waals surface area contributed by atoms with Gasteiger partial charge in [-0.25, -0.2) is 4.79 Å². The van der Waals surface area contributed by atoms with Crippen LogP contribution in [0, 0.1) is 0 Å². The first-order chi connectivity index (χ1) is 13.2. The van der Waals surface area contributed by atoms with Crippen LogP contribution in [0.4, 0.5) is 11.5 Å². The van der Waals surface area contributed by atoms with Crippen molar-refractivity contribution < 1.29 is 9.90 Å². The molecule has 0 aliphatic rings. The number of nitrogens with one attached hydrogen (secondary N) is 1. The van der Waals surface area contributed by atoms with Gasteiger partial charge in [0.1, 0.15) is 5.82 Å². The number of carboxylic acid groups (broad SMARTS) is 1. The van der Waals surface area contributed by atoms with Crippen LogP contribution in [0.3, 0.4) is 0 Å². The highest BCUT2D eigenvalue weighted by Gasteiger charge is 2.27. The minimum absolute atomic E-state index is 0.183. The van der Waals surface area contributed by atoms with Crippen molar-refractivity contribution in [3.63, 3.8) is 0 Å². The number of aromatic nitrogens is 3.